The van der Waals surface area contributed by atoms with Crippen molar-refractivity contribution in [2.45, 2.75) is 16.3 Å². The number of aromatic nitrogens is 3. The van der Waals surface area contributed by atoms with E-state index in [-0.39, 0.29) is 5.84 Å². The molecule has 0 saturated carbocycles. The summed E-state index contributed by atoms with van der Waals surface area (Å²) in [5.74, 6) is 0.799. The van der Waals surface area contributed by atoms with Gasteiger partial charge < -0.3 is 5.73 Å². The molecule has 7 heteroatoms. The van der Waals surface area contributed by atoms with E-state index in [4.69, 9.17) is 11.1 Å². The lowest BCUT2D eigenvalue weighted by atomic mass is 10.2. The lowest BCUT2D eigenvalue weighted by molar-refractivity contribution is 1.08. The van der Waals surface area contributed by atoms with Gasteiger partial charge in [-0.15, -0.1) is 0 Å². The minimum Gasteiger partial charge on any atom is -0.384 e. The number of nitrogens with one attached hydrogen (secondary N) is 1. The highest BCUT2D eigenvalue weighted by atomic mass is 32.2. The van der Waals surface area contributed by atoms with E-state index in [1.54, 1.807) is 18.3 Å². The second-order valence-corrected chi connectivity index (χ2v) is 5.03. The van der Waals surface area contributed by atoms with Crippen LogP contribution < -0.4 is 5.73 Å². The first-order chi connectivity index (χ1) is 7.65. The summed E-state index contributed by atoms with van der Waals surface area (Å²) in [6.45, 7) is 1.85. The molecule has 0 spiro atoms. The highest BCUT2D eigenvalue weighted by Crippen LogP contribution is 2.27. The summed E-state index contributed by atoms with van der Waals surface area (Å²) in [5.41, 5.74) is 6.07. The molecule has 0 aromatic carbocycles. The molecule has 0 amide bonds. The number of nitrogens with zero attached hydrogens (tertiary/aromatic N) is 3. The monoisotopic (exact) mass is 251 g/mol. The van der Waals surface area contributed by atoms with E-state index in [1.807, 2.05) is 6.92 Å². The maximum atomic E-state index is 7.33. The van der Waals surface area contributed by atoms with Gasteiger partial charge >= 0.3 is 0 Å². The van der Waals surface area contributed by atoms with Crippen molar-refractivity contribution < 1.29 is 0 Å². The van der Waals surface area contributed by atoms with E-state index in [2.05, 4.69) is 14.3 Å². The molecule has 5 nitrogen and oxygen atoms in total. The third-order valence-electron chi connectivity index (χ3n) is 1.75. The van der Waals surface area contributed by atoms with Gasteiger partial charge in [-0.05, 0) is 42.4 Å². The number of pyridine rings is 1. The van der Waals surface area contributed by atoms with Gasteiger partial charge in [-0.25, -0.2) is 9.97 Å². The van der Waals surface area contributed by atoms with Crippen LogP contribution in [0.3, 0.4) is 0 Å². The van der Waals surface area contributed by atoms with Gasteiger partial charge in [0.15, 0.2) is 4.34 Å². The zero-order chi connectivity index (χ0) is 11.5. The number of aryl methyl sites for hydroxylation is 1. The van der Waals surface area contributed by atoms with Crippen LogP contribution in [0.4, 0.5) is 0 Å². The fourth-order valence-corrected chi connectivity index (χ4v) is 2.64. The van der Waals surface area contributed by atoms with Crippen molar-refractivity contribution >= 4 is 29.1 Å². The molecule has 2 aromatic rings. The van der Waals surface area contributed by atoms with Gasteiger partial charge in [0, 0.05) is 11.8 Å². The Morgan fingerprint density at radius 1 is 1.56 bits per heavy atom. The Morgan fingerprint density at radius 3 is 3.00 bits per heavy atom. The zero-order valence-corrected chi connectivity index (χ0v) is 10.1. The van der Waals surface area contributed by atoms with E-state index < -0.39 is 0 Å². The van der Waals surface area contributed by atoms with Crippen LogP contribution in [-0.2, 0) is 0 Å². The Bertz CT molecular complexity index is 522. The molecule has 0 aliphatic carbocycles. The lowest BCUT2D eigenvalue weighted by Gasteiger charge is -2.00. The molecule has 0 unspecified atom stereocenters. The van der Waals surface area contributed by atoms with E-state index in [0.717, 1.165) is 15.2 Å². The SMILES string of the molecule is Cc1nsc(Sc2cc(C(=N)N)ccn2)n1. The molecule has 3 N–H and O–H groups in total. The van der Waals surface area contributed by atoms with Crippen LogP contribution in [0.25, 0.3) is 0 Å². The fraction of sp³-hybridized carbons (Fsp3) is 0.111. The van der Waals surface area contributed by atoms with Crippen molar-refractivity contribution in [2.24, 2.45) is 5.73 Å². The zero-order valence-electron chi connectivity index (χ0n) is 8.47. The lowest BCUT2D eigenvalue weighted by Crippen LogP contribution is -2.10. The molecule has 16 heavy (non-hydrogen) atoms. The average molecular weight is 251 g/mol. The summed E-state index contributed by atoms with van der Waals surface area (Å²) in [4.78, 5) is 8.40. The largest absolute Gasteiger partial charge is 0.384 e. The second-order valence-electron chi connectivity index (χ2n) is 3.01. The number of nitrogen functional groups attached to an aromatic ring is 1. The van der Waals surface area contributed by atoms with Gasteiger partial charge in [-0.1, -0.05) is 0 Å². The molecule has 82 valence electrons. The van der Waals surface area contributed by atoms with E-state index in [9.17, 15) is 0 Å². The second kappa shape index (κ2) is 4.58. The highest BCUT2D eigenvalue weighted by molar-refractivity contribution is 8.00. The molecule has 2 heterocycles. The molecule has 2 aromatic heterocycles. The van der Waals surface area contributed by atoms with Gasteiger partial charge in [-0.3, -0.25) is 5.41 Å². The molecule has 0 bridgehead atoms. The first kappa shape index (κ1) is 11.0. The summed E-state index contributed by atoms with van der Waals surface area (Å²) in [5, 5.41) is 8.10. The van der Waals surface area contributed by atoms with Crippen LogP contribution in [0.15, 0.2) is 27.7 Å². The van der Waals surface area contributed by atoms with E-state index in [1.165, 1.54) is 23.3 Å². The summed E-state index contributed by atoms with van der Waals surface area (Å²) >= 11 is 2.76. The highest BCUT2D eigenvalue weighted by Gasteiger charge is 2.05. The van der Waals surface area contributed by atoms with Crippen LogP contribution in [0.2, 0.25) is 0 Å². The van der Waals surface area contributed by atoms with Gasteiger partial charge in [-0.2, -0.15) is 4.37 Å². The maximum absolute atomic E-state index is 7.33. The normalized spacial score (nSPS) is 10.3. The molecule has 0 fully saturated rings. The van der Waals surface area contributed by atoms with Gasteiger partial charge in [0.25, 0.3) is 0 Å². The van der Waals surface area contributed by atoms with Crippen molar-refractivity contribution in [2.75, 3.05) is 0 Å². The van der Waals surface area contributed by atoms with Gasteiger partial charge in [0.2, 0.25) is 0 Å². The van der Waals surface area contributed by atoms with Crippen LogP contribution in [0.1, 0.15) is 11.4 Å². The summed E-state index contributed by atoms with van der Waals surface area (Å²) in [6, 6.07) is 3.47. The predicted molar refractivity (Wildman–Crippen MR) is 64.0 cm³/mol. The summed E-state index contributed by atoms with van der Waals surface area (Å²) in [7, 11) is 0. The fourth-order valence-electron chi connectivity index (χ4n) is 1.04. The van der Waals surface area contributed by atoms with Crippen molar-refractivity contribution in [1.29, 1.82) is 5.41 Å². The molecule has 0 atom stereocenters. The van der Waals surface area contributed by atoms with E-state index >= 15 is 0 Å². The van der Waals surface area contributed by atoms with Crippen molar-refractivity contribution in [1.82, 2.24) is 14.3 Å². The summed E-state index contributed by atoms with van der Waals surface area (Å²) < 4.78 is 4.92. The predicted octanol–water partition coefficient (Wildman–Crippen LogP) is 1.68. The number of rotatable bonds is 3. The minimum absolute atomic E-state index is 0.0395. The Kier molecular flexibility index (Phi) is 3.16. The molecule has 0 radical (unpaired) electrons. The Hall–Kier alpha value is -1.47. The summed E-state index contributed by atoms with van der Waals surface area (Å²) in [6.07, 6.45) is 1.63. The van der Waals surface area contributed by atoms with Crippen LogP contribution in [0, 0.1) is 12.3 Å². The van der Waals surface area contributed by atoms with Crippen LogP contribution in [0.5, 0.6) is 0 Å². The molecule has 2 rings (SSSR count). The number of amidine groups is 1. The number of nitrogens with two attached hydrogens (primary N) is 1. The molecular formula is C9H9N5S2. The number of hydrogen-bond acceptors (Lipinski definition) is 6. The average Bonchev–Trinajstić information content (AvgIpc) is 2.64. The van der Waals surface area contributed by atoms with Crippen LogP contribution >= 0.6 is 23.3 Å². The Balaban J connectivity index is 2.21. The standard InChI is InChI=1S/C9H9N5S2/c1-5-13-9(16-14-5)15-7-4-6(8(10)11)2-3-12-7/h2-4H,1H3,(H3,10,11). The Morgan fingerprint density at radius 2 is 2.38 bits per heavy atom. The Labute approximate surface area is 101 Å². The van der Waals surface area contributed by atoms with Gasteiger partial charge in [0.1, 0.15) is 16.7 Å². The van der Waals surface area contributed by atoms with Crippen molar-refractivity contribution in [3.63, 3.8) is 0 Å². The smallest absolute Gasteiger partial charge is 0.176 e. The first-order valence-corrected chi connectivity index (χ1v) is 6.03. The topological polar surface area (TPSA) is 88.5 Å². The maximum Gasteiger partial charge on any atom is 0.176 e. The molecule has 0 aliphatic rings. The third-order valence-corrected chi connectivity index (χ3v) is 3.52. The van der Waals surface area contributed by atoms with Crippen LogP contribution in [-0.4, -0.2) is 20.2 Å². The van der Waals surface area contributed by atoms with Gasteiger partial charge in [0.05, 0.1) is 0 Å². The van der Waals surface area contributed by atoms with Crippen molar-refractivity contribution in [3.05, 3.63) is 29.7 Å². The molecular weight excluding hydrogens is 242 g/mol. The minimum atomic E-state index is 0.0395. The molecule has 0 saturated heterocycles. The van der Waals surface area contributed by atoms with E-state index in [0.29, 0.717) is 5.56 Å². The third kappa shape index (κ3) is 2.56. The van der Waals surface area contributed by atoms with Crippen molar-refractivity contribution in [3.8, 4) is 0 Å². The molecule has 0 aliphatic heterocycles. The quantitative estimate of drug-likeness (QED) is 0.640. The number of hydrogen-bond donors (Lipinski definition) is 2. The first-order valence-electron chi connectivity index (χ1n) is 4.44.